The van der Waals surface area contributed by atoms with Crippen LogP contribution >= 0.6 is 11.3 Å². The van der Waals surface area contributed by atoms with Crippen molar-refractivity contribution in [2.24, 2.45) is 0 Å². The van der Waals surface area contributed by atoms with E-state index < -0.39 is 0 Å². The minimum Gasteiger partial charge on any atom is -0.288 e. The van der Waals surface area contributed by atoms with Gasteiger partial charge in [0.1, 0.15) is 0 Å². The SMILES string of the molecule is Cc1nc(C)c(C(=O)C2=CCCCC2)s1. The number of thiazole rings is 1. The van der Waals surface area contributed by atoms with Gasteiger partial charge in [0.05, 0.1) is 15.6 Å². The van der Waals surface area contributed by atoms with E-state index in [-0.39, 0.29) is 5.78 Å². The molecule has 1 heterocycles. The third-order valence-corrected chi connectivity index (χ3v) is 3.76. The molecule has 0 bridgehead atoms. The largest absolute Gasteiger partial charge is 0.288 e. The minimum atomic E-state index is 0.206. The van der Waals surface area contributed by atoms with E-state index in [1.165, 1.54) is 17.8 Å². The lowest BCUT2D eigenvalue weighted by Crippen LogP contribution is -2.06. The van der Waals surface area contributed by atoms with Crippen LogP contribution in [0.1, 0.15) is 46.1 Å². The number of hydrogen-bond acceptors (Lipinski definition) is 3. The monoisotopic (exact) mass is 221 g/mol. The zero-order valence-electron chi connectivity index (χ0n) is 9.17. The van der Waals surface area contributed by atoms with Crippen LogP contribution in [0.15, 0.2) is 11.6 Å². The number of carbonyl (C=O) groups excluding carboxylic acids is 1. The summed E-state index contributed by atoms with van der Waals surface area (Å²) < 4.78 is 0. The van der Waals surface area contributed by atoms with Gasteiger partial charge in [-0.3, -0.25) is 4.79 Å². The minimum absolute atomic E-state index is 0.206. The average Bonchev–Trinajstić information content (AvgIpc) is 2.58. The van der Waals surface area contributed by atoms with Gasteiger partial charge in [0.15, 0.2) is 0 Å². The maximum Gasteiger partial charge on any atom is 0.200 e. The topological polar surface area (TPSA) is 30.0 Å². The maximum atomic E-state index is 12.1. The lowest BCUT2D eigenvalue weighted by atomic mass is 9.95. The fraction of sp³-hybridized carbons (Fsp3) is 0.500. The molecular weight excluding hydrogens is 206 g/mol. The highest BCUT2D eigenvalue weighted by Crippen LogP contribution is 2.25. The summed E-state index contributed by atoms with van der Waals surface area (Å²) >= 11 is 1.51. The lowest BCUT2D eigenvalue weighted by molar-refractivity contribution is 0.103. The molecule has 3 heteroatoms. The summed E-state index contributed by atoms with van der Waals surface area (Å²) in [5, 5.41) is 0.979. The highest BCUT2D eigenvalue weighted by atomic mass is 32.1. The van der Waals surface area contributed by atoms with Gasteiger partial charge < -0.3 is 0 Å². The van der Waals surface area contributed by atoms with E-state index in [4.69, 9.17) is 0 Å². The van der Waals surface area contributed by atoms with Gasteiger partial charge in [0.2, 0.25) is 5.78 Å². The number of aryl methyl sites for hydroxylation is 2. The van der Waals surface area contributed by atoms with Gasteiger partial charge in [0, 0.05) is 0 Å². The third-order valence-electron chi connectivity index (χ3n) is 2.69. The second-order valence-electron chi connectivity index (χ2n) is 3.95. The first-order valence-corrected chi connectivity index (χ1v) is 6.18. The Labute approximate surface area is 94.0 Å². The first-order chi connectivity index (χ1) is 7.18. The molecule has 0 saturated heterocycles. The summed E-state index contributed by atoms with van der Waals surface area (Å²) in [6.45, 7) is 3.86. The number of rotatable bonds is 2. The Hall–Kier alpha value is -0.960. The van der Waals surface area contributed by atoms with Crippen LogP contribution in [-0.2, 0) is 0 Å². The second kappa shape index (κ2) is 4.27. The molecule has 0 aromatic carbocycles. The van der Waals surface area contributed by atoms with E-state index in [1.54, 1.807) is 0 Å². The zero-order chi connectivity index (χ0) is 10.8. The Morgan fingerprint density at radius 3 is 2.73 bits per heavy atom. The van der Waals surface area contributed by atoms with E-state index in [0.717, 1.165) is 40.4 Å². The first kappa shape index (κ1) is 10.6. The number of allylic oxidation sites excluding steroid dienone is 2. The number of aromatic nitrogens is 1. The molecule has 1 aliphatic rings. The molecule has 1 aromatic rings. The maximum absolute atomic E-state index is 12.1. The van der Waals surface area contributed by atoms with Crippen molar-refractivity contribution in [3.8, 4) is 0 Å². The van der Waals surface area contributed by atoms with Crippen LogP contribution in [0.2, 0.25) is 0 Å². The Morgan fingerprint density at radius 2 is 2.20 bits per heavy atom. The molecule has 2 rings (SSSR count). The summed E-state index contributed by atoms with van der Waals surface area (Å²) in [5.41, 5.74) is 1.88. The van der Waals surface area contributed by atoms with Crippen molar-refractivity contribution in [2.45, 2.75) is 39.5 Å². The van der Waals surface area contributed by atoms with Crippen molar-refractivity contribution >= 4 is 17.1 Å². The molecule has 0 fully saturated rings. The molecule has 0 saturated carbocycles. The second-order valence-corrected chi connectivity index (χ2v) is 5.15. The normalized spacial score (nSPS) is 16.3. The molecule has 80 valence electrons. The van der Waals surface area contributed by atoms with Crippen LogP contribution in [0.4, 0.5) is 0 Å². The summed E-state index contributed by atoms with van der Waals surface area (Å²) in [5.74, 6) is 0.206. The third kappa shape index (κ3) is 2.17. The van der Waals surface area contributed by atoms with E-state index in [2.05, 4.69) is 11.1 Å². The van der Waals surface area contributed by atoms with E-state index in [9.17, 15) is 4.79 Å². The van der Waals surface area contributed by atoms with Crippen LogP contribution in [0.25, 0.3) is 0 Å². The Kier molecular flexibility index (Phi) is 3.00. The Bertz CT molecular complexity index is 417. The molecule has 0 radical (unpaired) electrons. The summed E-state index contributed by atoms with van der Waals surface area (Å²) in [7, 11) is 0. The molecule has 0 atom stereocenters. The fourth-order valence-corrected chi connectivity index (χ4v) is 2.83. The van der Waals surface area contributed by atoms with Crippen LogP contribution in [-0.4, -0.2) is 10.8 Å². The van der Waals surface area contributed by atoms with Crippen molar-refractivity contribution in [3.05, 3.63) is 27.2 Å². The van der Waals surface area contributed by atoms with Crippen LogP contribution in [0.5, 0.6) is 0 Å². The van der Waals surface area contributed by atoms with Crippen molar-refractivity contribution in [3.63, 3.8) is 0 Å². The molecule has 1 aliphatic carbocycles. The predicted molar refractivity (Wildman–Crippen MR) is 62.5 cm³/mol. The average molecular weight is 221 g/mol. The fourth-order valence-electron chi connectivity index (χ4n) is 1.93. The predicted octanol–water partition coefficient (Wildman–Crippen LogP) is 3.44. The number of carbonyl (C=O) groups is 1. The molecule has 1 aromatic heterocycles. The molecule has 2 nitrogen and oxygen atoms in total. The van der Waals surface area contributed by atoms with Crippen molar-refractivity contribution in [1.29, 1.82) is 0 Å². The molecule has 0 aliphatic heterocycles. The Morgan fingerprint density at radius 1 is 1.40 bits per heavy atom. The van der Waals surface area contributed by atoms with Crippen molar-refractivity contribution in [1.82, 2.24) is 4.98 Å². The molecule has 0 spiro atoms. The van der Waals surface area contributed by atoms with Crippen LogP contribution in [0, 0.1) is 13.8 Å². The van der Waals surface area contributed by atoms with E-state index in [1.807, 2.05) is 13.8 Å². The van der Waals surface area contributed by atoms with Crippen molar-refractivity contribution < 1.29 is 4.79 Å². The molecule has 0 unspecified atom stereocenters. The molecule has 0 amide bonds. The van der Waals surface area contributed by atoms with Gasteiger partial charge in [-0.2, -0.15) is 0 Å². The van der Waals surface area contributed by atoms with Gasteiger partial charge in [-0.05, 0) is 45.1 Å². The quantitative estimate of drug-likeness (QED) is 0.716. The van der Waals surface area contributed by atoms with E-state index in [0.29, 0.717) is 0 Å². The standard InChI is InChI=1S/C12H15NOS/c1-8-12(15-9(2)13-8)11(14)10-6-4-3-5-7-10/h6H,3-5,7H2,1-2H3. The number of nitrogens with zero attached hydrogens (tertiary/aromatic N) is 1. The smallest absolute Gasteiger partial charge is 0.200 e. The molecule has 15 heavy (non-hydrogen) atoms. The van der Waals surface area contributed by atoms with Gasteiger partial charge in [0.25, 0.3) is 0 Å². The summed E-state index contributed by atoms with van der Waals surface area (Å²) in [4.78, 5) is 17.3. The van der Waals surface area contributed by atoms with Gasteiger partial charge in [-0.1, -0.05) is 6.08 Å². The van der Waals surface area contributed by atoms with Crippen molar-refractivity contribution in [2.75, 3.05) is 0 Å². The summed E-state index contributed by atoms with van der Waals surface area (Å²) in [6.07, 6.45) is 6.46. The van der Waals surface area contributed by atoms with Crippen LogP contribution < -0.4 is 0 Å². The number of hydrogen-bond donors (Lipinski definition) is 0. The van der Waals surface area contributed by atoms with E-state index >= 15 is 0 Å². The van der Waals surface area contributed by atoms with Gasteiger partial charge >= 0.3 is 0 Å². The first-order valence-electron chi connectivity index (χ1n) is 5.36. The molecular formula is C12H15NOS. The molecule has 0 N–H and O–H groups in total. The zero-order valence-corrected chi connectivity index (χ0v) is 9.99. The highest BCUT2D eigenvalue weighted by Gasteiger charge is 2.18. The van der Waals surface area contributed by atoms with Gasteiger partial charge in [-0.15, -0.1) is 11.3 Å². The Balaban J connectivity index is 2.27. The van der Waals surface area contributed by atoms with Crippen LogP contribution in [0.3, 0.4) is 0 Å². The number of Topliss-reactive ketones (excluding diaryl/α,β-unsaturated/α-hetero) is 1. The van der Waals surface area contributed by atoms with Gasteiger partial charge in [-0.25, -0.2) is 4.98 Å². The highest BCUT2D eigenvalue weighted by molar-refractivity contribution is 7.14. The lowest BCUT2D eigenvalue weighted by Gasteiger charge is -2.10. The number of ketones is 1. The summed E-state index contributed by atoms with van der Waals surface area (Å²) in [6, 6.07) is 0.